The minimum absolute atomic E-state index is 0.0740. The summed E-state index contributed by atoms with van der Waals surface area (Å²) >= 11 is 0. The van der Waals surface area contributed by atoms with Crippen LogP contribution >= 0.6 is 0 Å². The summed E-state index contributed by atoms with van der Waals surface area (Å²) in [7, 11) is 0. The summed E-state index contributed by atoms with van der Waals surface area (Å²) < 4.78 is 5.52. The number of carbonyl (C=O) groups excluding carboxylic acids is 2. The van der Waals surface area contributed by atoms with Gasteiger partial charge in [0.15, 0.2) is 0 Å². The Labute approximate surface area is 173 Å². The number of hydrogen-bond acceptors (Lipinski definition) is 4. The highest BCUT2D eigenvalue weighted by Crippen LogP contribution is 2.30. The molecule has 3 heterocycles. The highest BCUT2D eigenvalue weighted by molar-refractivity contribution is 5.94. The molecule has 4 rings (SSSR count). The number of hydrogen-bond donors (Lipinski definition) is 1. The number of piperidine rings is 1. The first-order valence-electron chi connectivity index (χ1n) is 11.1. The molecule has 0 aromatic heterocycles. The number of rotatable bonds is 6. The van der Waals surface area contributed by atoms with E-state index in [9.17, 15) is 9.59 Å². The number of nitrogens with one attached hydrogen (secondary N) is 1. The first-order valence-corrected chi connectivity index (χ1v) is 11.1. The Balaban J connectivity index is 1.17. The third-order valence-corrected chi connectivity index (χ3v) is 6.71. The topological polar surface area (TPSA) is 61.9 Å². The molecule has 3 aliphatic heterocycles. The van der Waals surface area contributed by atoms with E-state index in [1.54, 1.807) is 0 Å². The molecule has 6 nitrogen and oxygen atoms in total. The largest absolute Gasteiger partial charge is 0.381 e. The van der Waals surface area contributed by atoms with E-state index < -0.39 is 0 Å². The predicted octanol–water partition coefficient (Wildman–Crippen LogP) is 2.29. The summed E-state index contributed by atoms with van der Waals surface area (Å²) in [6.07, 6.45) is 5.75. The lowest BCUT2D eigenvalue weighted by atomic mass is 9.84. The van der Waals surface area contributed by atoms with Crippen LogP contribution in [0, 0.1) is 11.8 Å². The predicted molar refractivity (Wildman–Crippen MR) is 112 cm³/mol. The molecular formula is C23H33N3O3. The van der Waals surface area contributed by atoms with Crippen LogP contribution in [0.5, 0.6) is 0 Å². The molecule has 0 aliphatic carbocycles. The molecule has 2 amide bonds. The van der Waals surface area contributed by atoms with Crippen LogP contribution in [0.15, 0.2) is 24.3 Å². The fourth-order valence-corrected chi connectivity index (χ4v) is 4.83. The third kappa shape index (κ3) is 5.37. The maximum Gasteiger partial charge on any atom is 0.253 e. The third-order valence-electron chi connectivity index (χ3n) is 6.71. The van der Waals surface area contributed by atoms with Gasteiger partial charge in [-0.2, -0.15) is 0 Å². The van der Waals surface area contributed by atoms with Gasteiger partial charge in [0.25, 0.3) is 5.91 Å². The van der Waals surface area contributed by atoms with Gasteiger partial charge in [-0.05, 0) is 74.7 Å². The highest BCUT2D eigenvalue weighted by Gasteiger charge is 2.29. The van der Waals surface area contributed by atoms with Crippen molar-refractivity contribution in [3.63, 3.8) is 0 Å². The maximum atomic E-state index is 12.4. The van der Waals surface area contributed by atoms with E-state index >= 15 is 0 Å². The zero-order chi connectivity index (χ0) is 20.1. The van der Waals surface area contributed by atoms with Crippen molar-refractivity contribution in [2.75, 3.05) is 45.9 Å². The number of benzene rings is 1. The van der Waals surface area contributed by atoms with Crippen LogP contribution in [0.2, 0.25) is 0 Å². The van der Waals surface area contributed by atoms with E-state index in [1.165, 1.54) is 19.3 Å². The lowest BCUT2D eigenvalue weighted by Crippen LogP contribution is -2.42. The van der Waals surface area contributed by atoms with E-state index in [0.717, 1.165) is 75.2 Å². The Hall–Kier alpha value is -1.92. The van der Waals surface area contributed by atoms with Gasteiger partial charge in [-0.3, -0.25) is 14.5 Å². The van der Waals surface area contributed by atoms with E-state index in [4.69, 9.17) is 4.74 Å². The molecule has 0 bridgehead atoms. The molecule has 3 fully saturated rings. The van der Waals surface area contributed by atoms with Gasteiger partial charge >= 0.3 is 0 Å². The summed E-state index contributed by atoms with van der Waals surface area (Å²) in [4.78, 5) is 28.9. The lowest BCUT2D eigenvalue weighted by Gasteiger charge is -2.33. The van der Waals surface area contributed by atoms with Crippen LogP contribution in [0.25, 0.3) is 0 Å². The zero-order valence-corrected chi connectivity index (χ0v) is 17.3. The monoisotopic (exact) mass is 399 g/mol. The molecule has 3 aliphatic rings. The Morgan fingerprint density at radius 2 is 1.69 bits per heavy atom. The van der Waals surface area contributed by atoms with Gasteiger partial charge in [0, 0.05) is 38.4 Å². The average Bonchev–Trinajstić information content (AvgIpc) is 3.47. The van der Waals surface area contributed by atoms with E-state index in [-0.39, 0.29) is 11.8 Å². The van der Waals surface area contributed by atoms with E-state index in [1.807, 2.05) is 29.2 Å². The van der Waals surface area contributed by atoms with Crippen molar-refractivity contribution >= 4 is 11.8 Å². The fourth-order valence-electron chi connectivity index (χ4n) is 4.83. The molecule has 6 heteroatoms. The number of ether oxygens (including phenoxy) is 1. The number of nitrogens with zero attached hydrogens (tertiary/aromatic N) is 2. The quantitative estimate of drug-likeness (QED) is 0.797. The van der Waals surface area contributed by atoms with Gasteiger partial charge in [0.1, 0.15) is 0 Å². The van der Waals surface area contributed by atoms with Gasteiger partial charge < -0.3 is 15.0 Å². The van der Waals surface area contributed by atoms with Crippen molar-refractivity contribution in [3.8, 4) is 0 Å². The molecule has 158 valence electrons. The maximum absolute atomic E-state index is 12.4. The second-order valence-corrected chi connectivity index (χ2v) is 8.71. The van der Waals surface area contributed by atoms with Gasteiger partial charge in [-0.1, -0.05) is 12.1 Å². The van der Waals surface area contributed by atoms with Crippen molar-refractivity contribution in [1.82, 2.24) is 15.1 Å². The molecule has 1 aromatic carbocycles. The average molecular weight is 400 g/mol. The van der Waals surface area contributed by atoms with Crippen LogP contribution in [-0.2, 0) is 16.1 Å². The standard InChI is InChI=1S/C23H33N3O3/c27-22(16-25-12-7-19(8-13-25)21-9-14-29-17-21)24-15-18-3-5-20(6-4-18)23(28)26-10-1-2-11-26/h3-6,19,21H,1-2,7-17H2,(H,24,27). The van der Waals surface area contributed by atoms with Gasteiger partial charge in [-0.25, -0.2) is 0 Å². The van der Waals surface area contributed by atoms with E-state index in [2.05, 4.69) is 10.2 Å². The SMILES string of the molecule is O=C(CN1CCC(C2CCOC2)CC1)NCc1ccc(C(=O)N2CCCC2)cc1. The van der Waals surface area contributed by atoms with Crippen molar-refractivity contribution in [1.29, 1.82) is 0 Å². The highest BCUT2D eigenvalue weighted by atomic mass is 16.5. The summed E-state index contributed by atoms with van der Waals surface area (Å²) in [5, 5.41) is 3.02. The summed E-state index contributed by atoms with van der Waals surface area (Å²) in [5.41, 5.74) is 1.76. The van der Waals surface area contributed by atoms with Gasteiger partial charge in [0.05, 0.1) is 6.54 Å². The molecule has 1 aromatic rings. The molecular weight excluding hydrogens is 366 g/mol. The molecule has 1 atom stereocenters. The van der Waals surface area contributed by atoms with Crippen LogP contribution in [0.1, 0.15) is 48.0 Å². The van der Waals surface area contributed by atoms with Crippen LogP contribution in [0.3, 0.4) is 0 Å². The van der Waals surface area contributed by atoms with E-state index in [0.29, 0.717) is 13.1 Å². The Morgan fingerprint density at radius 1 is 0.966 bits per heavy atom. The Bertz CT molecular complexity index is 686. The van der Waals surface area contributed by atoms with Gasteiger partial charge in [0.2, 0.25) is 5.91 Å². The minimum atomic E-state index is 0.0740. The summed E-state index contributed by atoms with van der Waals surface area (Å²) in [5.74, 6) is 1.68. The molecule has 29 heavy (non-hydrogen) atoms. The second-order valence-electron chi connectivity index (χ2n) is 8.71. The van der Waals surface area contributed by atoms with Crippen molar-refractivity contribution in [3.05, 3.63) is 35.4 Å². The molecule has 0 spiro atoms. The smallest absolute Gasteiger partial charge is 0.253 e. The molecule has 0 radical (unpaired) electrons. The zero-order valence-electron chi connectivity index (χ0n) is 17.3. The molecule has 3 saturated heterocycles. The normalized spacial score (nSPS) is 23.4. The van der Waals surface area contributed by atoms with Crippen LogP contribution < -0.4 is 5.32 Å². The number of likely N-dealkylation sites (tertiary alicyclic amines) is 2. The molecule has 1 unspecified atom stereocenters. The van der Waals surface area contributed by atoms with Crippen molar-refractivity contribution < 1.29 is 14.3 Å². The molecule has 1 N–H and O–H groups in total. The number of amides is 2. The first kappa shape index (κ1) is 20.4. The van der Waals surface area contributed by atoms with Crippen LogP contribution in [0.4, 0.5) is 0 Å². The van der Waals surface area contributed by atoms with Gasteiger partial charge in [-0.15, -0.1) is 0 Å². The summed E-state index contributed by atoms with van der Waals surface area (Å²) in [6.45, 7) is 6.55. The number of carbonyl (C=O) groups is 2. The summed E-state index contributed by atoms with van der Waals surface area (Å²) in [6, 6.07) is 7.64. The Kier molecular flexibility index (Phi) is 6.82. The fraction of sp³-hybridized carbons (Fsp3) is 0.652. The van der Waals surface area contributed by atoms with Crippen molar-refractivity contribution in [2.24, 2.45) is 11.8 Å². The molecule has 0 saturated carbocycles. The first-order chi connectivity index (χ1) is 14.2. The Morgan fingerprint density at radius 3 is 2.34 bits per heavy atom. The minimum Gasteiger partial charge on any atom is -0.381 e. The second kappa shape index (κ2) is 9.72. The van der Waals surface area contributed by atoms with Crippen molar-refractivity contribution in [2.45, 2.75) is 38.6 Å². The lowest BCUT2D eigenvalue weighted by molar-refractivity contribution is -0.122. The van der Waals surface area contributed by atoms with Crippen LogP contribution in [-0.4, -0.2) is 67.6 Å².